The number of aliphatic hydroxyl groups is 1. The molecule has 0 saturated carbocycles. The molecule has 2 rings (SSSR count). The molecule has 0 heterocycles. The van der Waals surface area contributed by atoms with Crippen molar-refractivity contribution in [1.29, 1.82) is 0 Å². The molecule has 0 bridgehead atoms. The number of benzene rings is 2. The van der Waals surface area contributed by atoms with Crippen LogP contribution in [0.3, 0.4) is 0 Å². The standard InChI is InChI=1S/C25H34N2O7S/c1-24(2,3)33-22(29)27(31,23(30)34-25(4,5)6)16-15-21(28)18-11-10-12-19(17-18)26-35(32)20-13-8-7-9-14-20/h7-14,17,21,26,28H,15-16H2,1-6H3. The van der Waals surface area contributed by atoms with E-state index in [9.17, 15) is 24.1 Å². The Morgan fingerprint density at radius 1 is 0.971 bits per heavy atom. The highest BCUT2D eigenvalue weighted by molar-refractivity contribution is 7.86. The van der Waals surface area contributed by atoms with Gasteiger partial charge >= 0.3 is 12.2 Å². The fourth-order valence-electron chi connectivity index (χ4n) is 2.92. The molecule has 9 nitrogen and oxygen atoms in total. The summed E-state index contributed by atoms with van der Waals surface area (Å²) < 4.78 is 23.7. The van der Waals surface area contributed by atoms with Crippen molar-refractivity contribution in [3.63, 3.8) is 0 Å². The smallest absolute Gasteiger partial charge is 0.527 e. The van der Waals surface area contributed by atoms with Gasteiger partial charge in [-0.2, -0.15) is 14.2 Å². The summed E-state index contributed by atoms with van der Waals surface area (Å²) in [5.41, 5.74) is -1.09. The monoisotopic (exact) mass is 506 g/mol. The Balaban J connectivity index is 2.17. The van der Waals surface area contributed by atoms with Crippen LogP contribution in [0.1, 0.15) is 59.6 Å². The number of nitrogens with zero attached hydrogens (tertiary/aromatic N) is 1. The fourth-order valence-corrected chi connectivity index (χ4v) is 3.78. The van der Waals surface area contributed by atoms with Crippen molar-refractivity contribution in [3.8, 4) is 0 Å². The number of ether oxygens (including phenoxy) is 2. The number of imide groups is 1. The van der Waals surface area contributed by atoms with E-state index in [-0.39, 0.29) is 6.42 Å². The van der Waals surface area contributed by atoms with Crippen LogP contribution in [0.5, 0.6) is 0 Å². The second-order valence-corrected chi connectivity index (χ2v) is 11.3. The topological polar surface area (TPSA) is 125 Å². The zero-order chi connectivity index (χ0) is 26.4. The first-order chi connectivity index (χ1) is 16.1. The van der Waals surface area contributed by atoms with Crippen LogP contribution in [0.4, 0.5) is 15.3 Å². The molecule has 2 N–H and O–H groups in total. The summed E-state index contributed by atoms with van der Waals surface area (Å²) in [5, 5.41) is 24.1. The van der Waals surface area contributed by atoms with Crippen LogP contribution in [0.25, 0.3) is 0 Å². The van der Waals surface area contributed by atoms with Gasteiger partial charge in [0.25, 0.3) is 0 Å². The lowest BCUT2D eigenvalue weighted by Gasteiger charge is -2.37. The first-order valence-electron chi connectivity index (χ1n) is 11.2. The number of amides is 2. The van der Waals surface area contributed by atoms with Gasteiger partial charge < -0.3 is 24.5 Å². The highest BCUT2D eigenvalue weighted by Crippen LogP contribution is 2.26. The van der Waals surface area contributed by atoms with Gasteiger partial charge in [0.15, 0.2) is 0 Å². The van der Waals surface area contributed by atoms with Gasteiger partial charge in [0.1, 0.15) is 28.7 Å². The molecule has 35 heavy (non-hydrogen) atoms. The molecule has 2 unspecified atom stereocenters. The lowest BCUT2D eigenvalue weighted by Crippen LogP contribution is -2.56. The maximum Gasteiger partial charge on any atom is 0.527 e. The fraction of sp³-hybridized carbons (Fsp3) is 0.440. The van der Waals surface area contributed by atoms with E-state index in [1.165, 1.54) is 0 Å². The number of anilines is 1. The third kappa shape index (κ3) is 8.74. The van der Waals surface area contributed by atoms with Gasteiger partial charge in [-0.25, -0.2) is 4.21 Å². The minimum atomic E-state index is -2.03. The van der Waals surface area contributed by atoms with Crippen LogP contribution >= 0.6 is 0 Å². The summed E-state index contributed by atoms with van der Waals surface area (Å²) in [5.74, 6) is 0. The number of hydrogen-bond acceptors (Lipinski definition) is 7. The van der Waals surface area contributed by atoms with E-state index in [0.717, 1.165) is 0 Å². The average Bonchev–Trinajstić information content (AvgIpc) is 2.75. The van der Waals surface area contributed by atoms with Gasteiger partial charge in [-0.15, -0.1) is 0 Å². The van der Waals surface area contributed by atoms with Crippen molar-refractivity contribution in [2.45, 2.75) is 70.2 Å². The highest BCUT2D eigenvalue weighted by atomic mass is 32.2. The molecule has 0 aromatic heterocycles. The number of carbonyl (C=O) groups excluding carboxylic acids is 2. The minimum Gasteiger partial charge on any atom is -0.612 e. The van der Waals surface area contributed by atoms with Crippen LogP contribution in [0.2, 0.25) is 0 Å². The molecule has 0 radical (unpaired) electrons. The molecule has 0 saturated heterocycles. The van der Waals surface area contributed by atoms with Crippen molar-refractivity contribution in [3.05, 3.63) is 65.4 Å². The number of hydrogen-bond donors (Lipinski definition) is 2. The molecule has 0 aliphatic heterocycles. The van der Waals surface area contributed by atoms with E-state index in [0.29, 0.717) is 16.1 Å². The maximum atomic E-state index is 13.4. The summed E-state index contributed by atoms with van der Waals surface area (Å²) in [6.45, 7) is 8.88. The first-order valence-corrected chi connectivity index (χ1v) is 12.3. The minimum absolute atomic E-state index is 0.229. The second-order valence-electron chi connectivity index (χ2n) is 10.0. The average molecular weight is 507 g/mol. The largest absolute Gasteiger partial charge is 0.612 e. The number of quaternary nitrogens is 1. The van der Waals surface area contributed by atoms with Gasteiger partial charge in [0.05, 0.1) is 11.0 Å². The first kappa shape index (κ1) is 28.4. The van der Waals surface area contributed by atoms with Gasteiger partial charge in [-0.3, -0.25) is 0 Å². The molecule has 0 spiro atoms. The van der Waals surface area contributed by atoms with E-state index in [2.05, 4.69) is 4.72 Å². The molecule has 0 aliphatic rings. The van der Waals surface area contributed by atoms with Crippen molar-refractivity contribution in [2.24, 2.45) is 0 Å². The molecule has 2 atom stereocenters. The Labute approximate surface area is 208 Å². The van der Waals surface area contributed by atoms with E-state index in [1.807, 2.05) is 6.07 Å². The summed E-state index contributed by atoms with van der Waals surface area (Å²) in [4.78, 5) is 25.9. The highest BCUT2D eigenvalue weighted by Gasteiger charge is 2.44. The van der Waals surface area contributed by atoms with Gasteiger partial charge in [-0.05, 0) is 71.4 Å². The zero-order valence-corrected chi connectivity index (χ0v) is 21.8. The molecule has 192 valence electrons. The summed E-state index contributed by atoms with van der Waals surface area (Å²) in [7, 11) is -1.51. The number of nitrogens with one attached hydrogen (secondary N) is 1. The van der Waals surface area contributed by atoms with Crippen LogP contribution in [0.15, 0.2) is 59.5 Å². The predicted octanol–water partition coefficient (Wildman–Crippen LogP) is 5.43. The zero-order valence-electron chi connectivity index (χ0n) is 20.9. The molecule has 0 fully saturated rings. The van der Waals surface area contributed by atoms with Crippen LogP contribution in [-0.4, -0.2) is 43.9 Å². The summed E-state index contributed by atoms with van der Waals surface area (Å²) in [6, 6.07) is 15.4. The second kappa shape index (κ2) is 11.3. The van der Waals surface area contributed by atoms with Crippen molar-refractivity contribution in [1.82, 2.24) is 0 Å². The number of carbonyl (C=O) groups is 2. The van der Waals surface area contributed by atoms with Crippen molar-refractivity contribution < 1.29 is 33.0 Å². The molecule has 10 heteroatoms. The quantitative estimate of drug-likeness (QED) is 0.379. The molecular formula is C25H34N2O7S. The Bertz CT molecular complexity index is 1020. The lowest BCUT2D eigenvalue weighted by atomic mass is 10.1. The SMILES string of the molecule is CC(C)(C)OC(=O)[N+]([O-])(CCC(O)c1cccc(NS(=O)c2ccccc2)c1)C(=O)OC(C)(C)C. The lowest BCUT2D eigenvalue weighted by molar-refractivity contribution is -0.736. The van der Waals surface area contributed by atoms with E-state index >= 15 is 0 Å². The molecule has 2 amide bonds. The molecule has 0 aliphatic carbocycles. The normalized spacial score (nSPS) is 14.1. The van der Waals surface area contributed by atoms with Crippen LogP contribution in [-0.2, 0) is 20.5 Å². The van der Waals surface area contributed by atoms with Gasteiger partial charge in [0, 0.05) is 12.1 Å². The third-order valence-electron chi connectivity index (χ3n) is 4.53. The van der Waals surface area contributed by atoms with Gasteiger partial charge in [-0.1, -0.05) is 30.3 Å². The summed E-state index contributed by atoms with van der Waals surface area (Å²) >= 11 is 0. The third-order valence-corrected chi connectivity index (χ3v) is 5.65. The Kier molecular flexibility index (Phi) is 9.18. The number of aliphatic hydroxyl groups excluding tert-OH is 1. The molecule has 2 aromatic rings. The Morgan fingerprint density at radius 3 is 2.03 bits per heavy atom. The van der Waals surface area contributed by atoms with E-state index < -0.39 is 51.7 Å². The van der Waals surface area contributed by atoms with E-state index in [4.69, 9.17) is 9.47 Å². The van der Waals surface area contributed by atoms with Gasteiger partial charge in [0.2, 0.25) is 0 Å². The van der Waals surface area contributed by atoms with Crippen molar-refractivity contribution in [2.75, 3.05) is 11.3 Å². The molecule has 2 aromatic carbocycles. The van der Waals surface area contributed by atoms with Crippen molar-refractivity contribution >= 4 is 28.9 Å². The van der Waals surface area contributed by atoms with E-state index in [1.54, 1.807) is 90.1 Å². The Morgan fingerprint density at radius 2 is 1.51 bits per heavy atom. The Hall–Kier alpha value is -2.79. The summed E-state index contributed by atoms with van der Waals surface area (Å²) in [6.07, 6.45) is -4.04. The number of hydroxylamine groups is 3. The predicted molar refractivity (Wildman–Crippen MR) is 133 cm³/mol. The molecular weight excluding hydrogens is 472 g/mol. The maximum absolute atomic E-state index is 13.4. The number of rotatable bonds is 7. The van der Waals surface area contributed by atoms with Crippen LogP contribution < -0.4 is 4.72 Å². The van der Waals surface area contributed by atoms with Crippen LogP contribution in [0, 0.1) is 5.21 Å².